The Labute approximate surface area is 93.8 Å². The van der Waals surface area contributed by atoms with E-state index in [1.807, 2.05) is 0 Å². The molecule has 2 bridgehead atoms. The van der Waals surface area contributed by atoms with Gasteiger partial charge in [-0.3, -0.25) is 0 Å². The van der Waals surface area contributed by atoms with Crippen LogP contribution in [0.25, 0.3) is 0 Å². The zero-order valence-electron chi connectivity index (χ0n) is 9.89. The van der Waals surface area contributed by atoms with Gasteiger partial charge in [-0.2, -0.15) is 11.5 Å². The lowest BCUT2D eigenvalue weighted by Crippen LogP contribution is -2.55. The van der Waals surface area contributed by atoms with Crippen molar-refractivity contribution in [2.75, 3.05) is 0 Å². The van der Waals surface area contributed by atoms with Crippen LogP contribution in [0, 0.1) is 23.2 Å². The fourth-order valence-electron chi connectivity index (χ4n) is 3.97. The maximum atomic E-state index is 6.42. The van der Waals surface area contributed by atoms with Gasteiger partial charge in [0.15, 0.2) is 0 Å². The van der Waals surface area contributed by atoms with Gasteiger partial charge in [0.05, 0.1) is 0 Å². The maximum absolute atomic E-state index is 6.42. The quantitative estimate of drug-likeness (QED) is 0.599. The van der Waals surface area contributed by atoms with Crippen molar-refractivity contribution in [2.45, 2.75) is 52.7 Å². The molecule has 0 aromatic rings. The zero-order valence-corrected chi connectivity index (χ0v) is 10.6. The first-order valence-electron chi connectivity index (χ1n) is 6.12. The second-order valence-electron chi connectivity index (χ2n) is 6.04. The van der Waals surface area contributed by atoms with Crippen LogP contribution >= 0.6 is 11.5 Å². The van der Waals surface area contributed by atoms with Crippen LogP contribution in [-0.4, -0.2) is 6.13 Å². The van der Waals surface area contributed by atoms with Crippen LogP contribution in [0.3, 0.4) is 0 Å². The van der Waals surface area contributed by atoms with E-state index in [1.165, 1.54) is 12.8 Å². The van der Waals surface area contributed by atoms with Crippen LogP contribution in [0.5, 0.6) is 0 Å². The Hall–Kier alpha value is 0.355. The SMILES string of the molecule is CCB(Cl)[C@@H]1C[C@@H]2C[C@H]([C@H]1C)C2(C)C. The fourth-order valence-corrected chi connectivity index (χ4v) is 4.30. The molecule has 14 heavy (non-hydrogen) atoms. The molecule has 0 radical (unpaired) electrons. The topological polar surface area (TPSA) is 0 Å². The molecule has 0 amide bonds. The minimum atomic E-state index is 0.423. The molecule has 2 heteroatoms. The van der Waals surface area contributed by atoms with Gasteiger partial charge >= 0.3 is 0 Å². The third-order valence-corrected chi connectivity index (χ3v) is 5.90. The minimum absolute atomic E-state index is 0.423. The third kappa shape index (κ3) is 1.35. The number of hydrogen-bond donors (Lipinski definition) is 0. The van der Waals surface area contributed by atoms with E-state index >= 15 is 0 Å². The Bertz CT molecular complexity index is 226. The Morgan fingerprint density at radius 3 is 2.43 bits per heavy atom. The largest absolute Gasteiger partial charge is 0.253 e. The lowest BCUT2D eigenvalue weighted by Gasteiger charge is -2.62. The van der Waals surface area contributed by atoms with Gasteiger partial charge in [0, 0.05) is 0 Å². The van der Waals surface area contributed by atoms with E-state index in [-0.39, 0.29) is 0 Å². The standard InChI is InChI=1S/C12H22BCl/c1-5-13(14)11-7-9-6-10(8(11)2)12(9,3)4/h8-11H,5-7H2,1-4H3/t8-,9+,10-,11-/m1/s1. The summed E-state index contributed by atoms with van der Waals surface area (Å²) >= 11 is 6.42. The van der Waals surface area contributed by atoms with E-state index in [0.29, 0.717) is 11.5 Å². The zero-order chi connectivity index (χ0) is 10.5. The summed E-state index contributed by atoms with van der Waals surface area (Å²) in [5.74, 6) is 3.54. The van der Waals surface area contributed by atoms with Gasteiger partial charge in [-0.25, -0.2) is 0 Å². The molecular formula is C12H22BCl. The molecule has 0 saturated heterocycles. The molecule has 4 atom stereocenters. The monoisotopic (exact) mass is 212 g/mol. The van der Waals surface area contributed by atoms with Crippen LogP contribution in [0.2, 0.25) is 12.1 Å². The number of fused-ring (bicyclic) bond motifs is 2. The smallest absolute Gasteiger partial charge is 0.195 e. The highest BCUT2D eigenvalue weighted by molar-refractivity contribution is 7.07. The first kappa shape index (κ1) is 10.9. The van der Waals surface area contributed by atoms with Crippen molar-refractivity contribution in [3.63, 3.8) is 0 Å². The summed E-state index contributed by atoms with van der Waals surface area (Å²) in [6.45, 7) is 9.55. The molecule has 3 saturated carbocycles. The van der Waals surface area contributed by atoms with Crippen molar-refractivity contribution in [1.29, 1.82) is 0 Å². The van der Waals surface area contributed by atoms with Crippen molar-refractivity contribution in [2.24, 2.45) is 23.2 Å². The molecular weight excluding hydrogens is 190 g/mol. The molecule has 0 aromatic carbocycles. The second-order valence-corrected chi connectivity index (χ2v) is 6.60. The normalized spacial score (nSPS) is 44.4. The predicted octanol–water partition coefficient (Wildman–Crippen LogP) is 4.31. The molecule has 0 N–H and O–H groups in total. The van der Waals surface area contributed by atoms with Gasteiger partial charge in [0.2, 0.25) is 0 Å². The average molecular weight is 213 g/mol. The highest BCUT2D eigenvalue weighted by Gasteiger charge is 2.57. The van der Waals surface area contributed by atoms with Crippen LogP contribution in [0.1, 0.15) is 40.5 Å². The molecule has 3 aliphatic rings. The number of halogens is 1. The van der Waals surface area contributed by atoms with Crippen LogP contribution in [0.4, 0.5) is 0 Å². The van der Waals surface area contributed by atoms with E-state index in [0.717, 1.165) is 29.9 Å². The van der Waals surface area contributed by atoms with Gasteiger partial charge in [-0.15, -0.1) is 0 Å². The van der Waals surface area contributed by atoms with Gasteiger partial charge in [0.1, 0.15) is 0 Å². The fraction of sp³-hybridized carbons (Fsp3) is 1.00. The summed E-state index contributed by atoms with van der Waals surface area (Å²) in [7, 11) is 0. The van der Waals surface area contributed by atoms with Crippen molar-refractivity contribution in [1.82, 2.24) is 0 Å². The minimum Gasteiger partial charge on any atom is -0.195 e. The van der Waals surface area contributed by atoms with Crippen LogP contribution in [-0.2, 0) is 0 Å². The lowest BCUT2D eigenvalue weighted by molar-refractivity contribution is -0.0988. The molecule has 0 spiro atoms. The van der Waals surface area contributed by atoms with Gasteiger partial charge in [-0.05, 0) is 35.4 Å². The van der Waals surface area contributed by atoms with Crippen LogP contribution < -0.4 is 0 Å². The third-order valence-electron chi connectivity index (χ3n) is 5.27. The average Bonchev–Trinajstić information content (AvgIpc) is 2.16. The second kappa shape index (κ2) is 3.44. The van der Waals surface area contributed by atoms with Crippen molar-refractivity contribution in [3.05, 3.63) is 0 Å². The summed E-state index contributed by atoms with van der Waals surface area (Å²) in [6, 6.07) is 0. The lowest BCUT2D eigenvalue weighted by atomic mass is 9.37. The van der Waals surface area contributed by atoms with E-state index < -0.39 is 0 Å². The van der Waals surface area contributed by atoms with Gasteiger partial charge in [0.25, 0.3) is 6.13 Å². The Morgan fingerprint density at radius 2 is 2.00 bits per heavy atom. The first-order chi connectivity index (χ1) is 6.48. The highest BCUT2D eigenvalue weighted by atomic mass is 35.5. The molecule has 0 aromatic heterocycles. The summed E-state index contributed by atoms with van der Waals surface area (Å²) in [5.41, 5.74) is 0.611. The molecule has 0 unspecified atom stereocenters. The Balaban J connectivity index is 2.08. The first-order valence-corrected chi connectivity index (χ1v) is 6.56. The molecule has 3 aliphatic carbocycles. The Kier molecular flexibility index (Phi) is 2.67. The molecule has 3 fully saturated rings. The molecule has 0 heterocycles. The van der Waals surface area contributed by atoms with Crippen molar-refractivity contribution < 1.29 is 0 Å². The molecule has 0 aliphatic heterocycles. The molecule has 80 valence electrons. The molecule has 3 rings (SSSR count). The predicted molar refractivity (Wildman–Crippen MR) is 65.0 cm³/mol. The maximum Gasteiger partial charge on any atom is 0.253 e. The number of rotatable bonds is 2. The van der Waals surface area contributed by atoms with Gasteiger partial charge in [-0.1, -0.05) is 40.4 Å². The van der Waals surface area contributed by atoms with Crippen LogP contribution in [0.15, 0.2) is 0 Å². The summed E-state index contributed by atoms with van der Waals surface area (Å²) in [6.07, 6.45) is 4.41. The summed E-state index contributed by atoms with van der Waals surface area (Å²) < 4.78 is 0. The number of hydrogen-bond acceptors (Lipinski definition) is 0. The van der Waals surface area contributed by atoms with E-state index in [4.69, 9.17) is 11.5 Å². The van der Waals surface area contributed by atoms with Crippen molar-refractivity contribution in [3.8, 4) is 0 Å². The Morgan fingerprint density at radius 1 is 1.36 bits per heavy atom. The van der Waals surface area contributed by atoms with E-state index in [9.17, 15) is 0 Å². The summed E-state index contributed by atoms with van der Waals surface area (Å²) in [5, 5.41) is 0. The molecule has 0 nitrogen and oxygen atoms in total. The van der Waals surface area contributed by atoms with E-state index in [1.54, 1.807) is 0 Å². The van der Waals surface area contributed by atoms with Crippen molar-refractivity contribution >= 4 is 17.6 Å². The highest BCUT2D eigenvalue weighted by Crippen LogP contribution is 2.65. The van der Waals surface area contributed by atoms with E-state index in [2.05, 4.69) is 27.7 Å². The van der Waals surface area contributed by atoms with Gasteiger partial charge < -0.3 is 0 Å². The summed E-state index contributed by atoms with van der Waals surface area (Å²) in [4.78, 5) is 0.